The molecular weight excluding hydrogens is 224 g/mol. The third-order valence-corrected chi connectivity index (χ3v) is 2.24. The predicted octanol–water partition coefficient (Wildman–Crippen LogP) is -1.78. The van der Waals surface area contributed by atoms with Gasteiger partial charge in [-0.05, 0) is 0 Å². The number of sulfonamides is 1. The second kappa shape index (κ2) is 6.72. The molecule has 0 aliphatic carbocycles. The zero-order valence-electron chi connectivity index (χ0n) is 8.69. The first-order valence-electron chi connectivity index (χ1n) is 4.26. The van der Waals surface area contributed by atoms with Crippen LogP contribution < -0.4 is 10.0 Å². The second-order valence-electron chi connectivity index (χ2n) is 2.97. The van der Waals surface area contributed by atoms with E-state index in [1.54, 1.807) is 0 Å². The number of hydrogen-bond acceptors (Lipinski definition) is 5. The highest BCUT2D eigenvalue weighted by molar-refractivity contribution is 7.88. The van der Waals surface area contributed by atoms with Crippen molar-refractivity contribution in [3.8, 4) is 0 Å². The summed E-state index contributed by atoms with van der Waals surface area (Å²) in [4.78, 5) is 10.6. The molecule has 90 valence electrons. The van der Waals surface area contributed by atoms with Crippen molar-refractivity contribution >= 4 is 16.0 Å². The quantitative estimate of drug-likeness (QED) is 0.433. The number of carboxylic acids is 1. The summed E-state index contributed by atoms with van der Waals surface area (Å²) in [5, 5.41) is 11.3. The molecule has 3 N–H and O–H groups in total. The molecule has 0 amide bonds. The standard InChI is InChI=1S/C7H16N2O5S/c1-14-5-6(7(10)11)8-3-4-9-15(2,12)13/h6,8-9H,3-5H2,1-2H3,(H,10,11). The fraction of sp³-hybridized carbons (Fsp3) is 0.857. The van der Waals surface area contributed by atoms with E-state index in [-0.39, 0.29) is 19.7 Å². The van der Waals surface area contributed by atoms with E-state index in [4.69, 9.17) is 5.11 Å². The molecule has 0 heterocycles. The number of carbonyl (C=O) groups is 1. The number of aliphatic carboxylic acids is 1. The number of rotatable bonds is 8. The molecule has 0 aromatic rings. The molecular formula is C7H16N2O5S. The van der Waals surface area contributed by atoms with Crippen LogP contribution >= 0.6 is 0 Å². The van der Waals surface area contributed by atoms with Gasteiger partial charge < -0.3 is 15.2 Å². The van der Waals surface area contributed by atoms with Crippen LogP contribution in [0.25, 0.3) is 0 Å². The van der Waals surface area contributed by atoms with Crippen molar-refractivity contribution in [1.82, 2.24) is 10.0 Å². The Morgan fingerprint density at radius 2 is 2.07 bits per heavy atom. The van der Waals surface area contributed by atoms with Crippen LogP contribution in [0.3, 0.4) is 0 Å². The van der Waals surface area contributed by atoms with Crippen molar-refractivity contribution in [3.05, 3.63) is 0 Å². The van der Waals surface area contributed by atoms with Gasteiger partial charge in [0.2, 0.25) is 10.0 Å². The Morgan fingerprint density at radius 1 is 1.47 bits per heavy atom. The Kier molecular flexibility index (Phi) is 6.41. The summed E-state index contributed by atoms with van der Waals surface area (Å²) < 4.78 is 28.2. The van der Waals surface area contributed by atoms with Gasteiger partial charge in [0.1, 0.15) is 6.04 Å². The van der Waals surface area contributed by atoms with Gasteiger partial charge in [-0.2, -0.15) is 0 Å². The van der Waals surface area contributed by atoms with Gasteiger partial charge in [-0.3, -0.25) is 4.79 Å². The lowest BCUT2D eigenvalue weighted by atomic mass is 10.3. The minimum Gasteiger partial charge on any atom is -0.480 e. The van der Waals surface area contributed by atoms with Gasteiger partial charge >= 0.3 is 5.97 Å². The minimum atomic E-state index is -3.22. The average molecular weight is 240 g/mol. The molecule has 1 atom stereocenters. The summed E-state index contributed by atoms with van der Waals surface area (Å²) in [7, 11) is -1.83. The van der Waals surface area contributed by atoms with E-state index < -0.39 is 22.0 Å². The highest BCUT2D eigenvalue weighted by Crippen LogP contribution is 1.84. The largest absolute Gasteiger partial charge is 0.480 e. The van der Waals surface area contributed by atoms with E-state index in [2.05, 4.69) is 14.8 Å². The maximum absolute atomic E-state index is 10.7. The molecule has 1 unspecified atom stereocenters. The van der Waals surface area contributed by atoms with Crippen LogP contribution in [0.1, 0.15) is 0 Å². The van der Waals surface area contributed by atoms with Crippen molar-refractivity contribution in [2.24, 2.45) is 0 Å². The molecule has 7 nitrogen and oxygen atoms in total. The Labute approximate surface area is 88.9 Å². The molecule has 0 radical (unpaired) electrons. The van der Waals surface area contributed by atoms with Crippen LogP contribution in [-0.4, -0.2) is 58.6 Å². The molecule has 0 rings (SSSR count). The molecule has 0 aromatic heterocycles. The number of methoxy groups -OCH3 is 1. The van der Waals surface area contributed by atoms with Gasteiger partial charge in [0.25, 0.3) is 0 Å². The first-order chi connectivity index (χ1) is 6.87. The van der Waals surface area contributed by atoms with Crippen LogP contribution in [0.5, 0.6) is 0 Å². The molecule has 0 fully saturated rings. The van der Waals surface area contributed by atoms with Crippen molar-refractivity contribution < 1.29 is 23.1 Å². The highest BCUT2D eigenvalue weighted by Gasteiger charge is 2.15. The smallest absolute Gasteiger partial charge is 0.323 e. The Morgan fingerprint density at radius 3 is 2.47 bits per heavy atom. The molecule has 0 saturated heterocycles. The number of carboxylic acid groups (broad SMARTS) is 1. The third-order valence-electron chi connectivity index (χ3n) is 1.51. The van der Waals surface area contributed by atoms with Gasteiger partial charge in [-0.15, -0.1) is 0 Å². The first kappa shape index (κ1) is 14.3. The topological polar surface area (TPSA) is 105 Å². The molecule has 15 heavy (non-hydrogen) atoms. The highest BCUT2D eigenvalue weighted by atomic mass is 32.2. The van der Waals surface area contributed by atoms with Crippen molar-refractivity contribution in [2.45, 2.75) is 6.04 Å². The van der Waals surface area contributed by atoms with Crippen molar-refractivity contribution in [1.29, 1.82) is 0 Å². The van der Waals surface area contributed by atoms with E-state index in [0.717, 1.165) is 6.26 Å². The lowest BCUT2D eigenvalue weighted by molar-refractivity contribution is -0.140. The van der Waals surface area contributed by atoms with E-state index in [1.807, 2.05) is 0 Å². The predicted molar refractivity (Wildman–Crippen MR) is 54.1 cm³/mol. The maximum Gasteiger partial charge on any atom is 0.323 e. The van der Waals surface area contributed by atoms with Crippen molar-refractivity contribution in [2.75, 3.05) is 33.1 Å². The van der Waals surface area contributed by atoms with E-state index in [1.165, 1.54) is 7.11 Å². The normalized spacial score (nSPS) is 13.7. The van der Waals surface area contributed by atoms with Crippen LogP contribution in [0.15, 0.2) is 0 Å². The zero-order valence-corrected chi connectivity index (χ0v) is 9.50. The van der Waals surface area contributed by atoms with Gasteiger partial charge in [0, 0.05) is 20.2 Å². The summed E-state index contributed by atoms with van der Waals surface area (Å²) in [6, 6.07) is -0.823. The number of ether oxygens (including phenoxy) is 1. The molecule has 0 aliphatic heterocycles. The molecule has 0 aromatic carbocycles. The maximum atomic E-state index is 10.7. The van der Waals surface area contributed by atoms with Gasteiger partial charge in [-0.25, -0.2) is 13.1 Å². The molecule has 0 bridgehead atoms. The number of hydrogen-bond donors (Lipinski definition) is 3. The van der Waals surface area contributed by atoms with Crippen LogP contribution in [0, 0.1) is 0 Å². The fourth-order valence-corrected chi connectivity index (χ4v) is 1.34. The summed E-state index contributed by atoms with van der Waals surface area (Å²) >= 11 is 0. The Balaban J connectivity index is 3.77. The summed E-state index contributed by atoms with van der Waals surface area (Å²) in [5.74, 6) is -1.03. The fourth-order valence-electron chi connectivity index (χ4n) is 0.867. The molecule has 0 saturated carbocycles. The summed E-state index contributed by atoms with van der Waals surface area (Å²) in [6.07, 6.45) is 1.04. The minimum absolute atomic E-state index is 0.0359. The Hall–Kier alpha value is -0.700. The lowest BCUT2D eigenvalue weighted by Crippen LogP contribution is -2.43. The van der Waals surface area contributed by atoms with Gasteiger partial charge in [-0.1, -0.05) is 0 Å². The van der Waals surface area contributed by atoms with Gasteiger partial charge in [0.15, 0.2) is 0 Å². The zero-order chi connectivity index (χ0) is 11.9. The molecule has 0 spiro atoms. The second-order valence-corrected chi connectivity index (χ2v) is 4.80. The van der Waals surface area contributed by atoms with Crippen LogP contribution in [-0.2, 0) is 19.6 Å². The molecule has 8 heteroatoms. The summed E-state index contributed by atoms with van der Waals surface area (Å²) in [5.41, 5.74) is 0. The molecule has 0 aliphatic rings. The van der Waals surface area contributed by atoms with E-state index in [9.17, 15) is 13.2 Å². The van der Waals surface area contributed by atoms with Gasteiger partial charge in [0.05, 0.1) is 12.9 Å². The Bertz CT molecular complexity index is 290. The summed E-state index contributed by atoms with van der Waals surface area (Å²) in [6.45, 7) is 0.411. The van der Waals surface area contributed by atoms with E-state index in [0.29, 0.717) is 0 Å². The lowest BCUT2D eigenvalue weighted by Gasteiger charge is -2.13. The SMILES string of the molecule is COCC(NCCNS(C)(=O)=O)C(=O)O. The monoisotopic (exact) mass is 240 g/mol. The first-order valence-corrected chi connectivity index (χ1v) is 6.15. The van der Waals surface area contributed by atoms with Crippen molar-refractivity contribution in [3.63, 3.8) is 0 Å². The van der Waals surface area contributed by atoms with Crippen LogP contribution in [0.4, 0.5) is 0 Å². The van der Waals surface area contributed by atoms with E-state index >= 15 is 0 Å². The third kappa shape index (κ3) is 8.30. The number of nitrogens with one attached hydrogen (secondary N) is 2. The average Bonchev–Trinajstić information content (AvgIpc) is 2.08. The van der Waals surface area contributed by atoms with Crippen LogP contribution in [0.2, 0.25) is 0 Å².